The van der Waals surface area contributed by atoms with Crippen molar-refractivity contribution in [2.75, 3.05) is 6.61 Å². The quantitative estimate of drug-likeness (QED) is 0.432. The Hall–Kier alpha value is -3.46. The van der Waals surface area contributed by atoms with Crippen molar-refractivity contribution in [3.8, 4) is 6.01 Å². The summed E-state index contributed by atoms with van der Waals surface area (Å²) in [5.41, 5.74) is 6.45. The minimum Gasteiger partial charge on any atom is -0.463 e. The normalized spacial score (nSPS) is 12.0. The Bertz CT molecular complexity index is 1240. The van der Waals surface area contributed by atoms with Gasteiger partial charge in [-0.05, 0) is 20.8 Å². The smallest absolute Gasteiger partial charge is 0.332 e. The van der Waals surface area contributed by atoms with Crippen molar-refractivity contribution in [3.05, 3.63) is 68.4 Å². The first-order chi connectivity index (χ1) is 14.7. The van der Waals surface area contributed by atoms with Crippen LogP contribution in [0.2, 0.25) is 0 Å². The average molecular weight is 425 g/mol. The zero-order valence-electron chi connectivity index (χ0n) is 18.2. The molecule has 31 heavy (non-hydrogen) atoms. The Balaban J connectivity index is 2.18. The van der Waals surface area contributed by atoms with Gasteiger partial charge in [-0.3, -0.25) is 23.3 Å². The van der Waals surface area contributed by atoms with Crippen LogP contribution in [0.15, 0.2) is 51.6 Å². The molecule has 2 N–H and O–H groups in total. The summed E-state index contributed by atoms with van der Waals surface area (Å²) in [5.74, 6) is -0.331. The van der Waals surface area contributed by atoms with Crippen molar-refractivity contribution in [3.63, 3.8) is 0 Å². The van der Waals surface area contributed by atoms with Crippen LogP contribution in [0.5, 0.6) is 6.01 Å². The van der Waals surface area contributed by atoms with Crippen LogP contribution in [0.1, 0.15) is 31.1 Å². The molecule has 3 rings (SSSR count). The Kier molecular flexibility index (Phi) is 6.55. The number of imidazole rings is 1. The third kappa shape index (κ3) is 4.66. The van der Waals surface area contributed by atoms with E-state index in [1.54, 1.807) is 41.8 Å². The molecule has 0 aliphatic carbocycles. The van der Waals surface area contributed by atoms with Gasteiger partial charge in [-0.1, -0.05) is 42.0 Å². The molecule has 0 amide bonds. The van der Waals surface area contributed by atoms with Gasteiger partial charge in [0.05, 0.1) is 6.54 Å². The molecule has 9 heteroatoms. The lowest BCUT2D eigenvalue weighted by atomic mass is 10.1. The molecule has 0 radical (unpaired) electrons. The zero-order valence-corrected chi connectivity index (χ0v) is 18.2. The number of hydrogen-bond donors (Lipinski definition) is 1. The number of Topliss-reactive ketones (excluding diaryl/α,β-unsaturated/α-hetero) is 1. The number of aromatic nitrogens is 4. The monoisotopic (exact) mass is 425 g/mol. The number of ketones is 1. The van der Waals surface area contributed by atoms with Gasteiger partial charge in [-0.15, -0.1) is 0 Å². The predicted molar refractivity (Wildman–Crippen MR) is 119 cm³/mol. The van der Waals surface area contributed by atoms with E-state index in [9.17, 15) is 14.4 Å². The summed E-state index contributed by atoms with van der Waals surface area (Å²) < 4.78 is 9.53. The van der Waals surface area contributed by atoms with Crippen molar-refractivity contribution >= 4 is 16.9 Å². The van der Waals surface area contributed by atoms with Crippen molar-refractivity contribution < 1.29 is 9.53 Å². The van der Waals surface area contributed by atoms with E-state index in [2.05, 4.69) is 4.98 Å². The molecule has 2 heterocycles. The summed E-state index contributed by atoms with van der Waals surface area (Å²) >= 11 is 0. The number of nitrogens with two attached hydrogens (primary N) is 1. The number of carbonyl (C=O) groups is 1. The van der Waals surface area contributed by atoms with Crippen LogP contribution >= 0.6 is 0 Å². The number of ether oxygens (including phenoxy) is 1. The van der Waals surface area contributed by atoms with Crippen molar-refractivity contribution in [2.45, 2.75) is 39.9 Å². The van der Waals surface area contributed by atoms with Gasteiger partial charge in [0.2, 0.25) is 0 Å². The van der Waals surface area contributed by atoms with Crippen LogP contribution in [0.25, 0.3) is 11.2 Å². The fourth-order valence-corrected chi connectivity index (χ4v) is 3.11. The van der Waals surface area contributed by atoms with Gasteiger partial charge in [-0.2, -0.15) is 4.98 Å². The highest BCUT2D eigenvalue weighted by molar-refractivity contribution is 5.95. The van der Waals surface area contributed by atoms with E-state index in [0.29, 0.717) is 12.1 Å². The highest BCUT2D eigenvalue weighted by Crippen LogP contribution is 2.18. The van der Waals surface area contributed by atoms with Crippen LogP contribution in [0, 0.1) is 0 Å². The average Bonchev–Trinajstić information content (AvgIpc) is 3.11. The van der Waals surface area contributed by atoms with Gasteiger partial charge in [0.25, 0.3) is 11.6 Å². The summed E-state index contributed by atoms with van der Waals surface area (Å²) in [4.78, 5) is 43.2. The Morgan fingerprint density at radius 2 is 1.87 bits per heavy atom. The van der Waals surface area contributed by atoms with Crippen LogP contribution in [0.3, 0.4) is 0 Å². The number of allylic oxidation sites excluding steroid dienone is 2. The van der Waals surface area contributed by atoms with Crippen molar-refractivity contribution in [1.29, 1.82) is 0 Å². The molecule has 0 aliphatic rings. The number of hydrogen-bond acceptors (Lipinski definition) is 6. The standard InChI is InChI=1S/C22H27N5O4/c1-14(2)10-11-26-18-19(24-21(26)31-13-15(3)23)25(4)22(30)27(20(18)29)12-17(28)16-8-6-5-7-9-16/h5-10,15H,11-13,23H2,1-4H3/t15-/m1/s1. The lowest BCUT2D eigenvalue weighted by Crippen LogP contribution is -2.41. The molecule has 9 nitrogen and oxygen atoms in total. The fraction of sp³-hybridized carbons (Fsp3) is 0.364. The second kappa shape index (κ2) is 9.13. The first kappa shape index (κ1) is 22.2. The molecular weight excluding hydrogens is 398 g/mol. The number of benzene rings is 1. The molecule has 1 aromatic carbocycles. The first-order valence-electron chi connectivity index (χ1n) is 10.0. The van der Waals surface area contributed by atoms with Gasteiger partial charge >= 0.3 is 5.69 Å². The fourth-order valence-electron chi connectivity index (χ4n) is 3.11. The van der Waals surface area contributed by atoms with Gasteiger partial charge in [0.15, 0.2) is 16.9 Å². The molecule has 3 aromatic rings. The molecule has 0 spiro atoms. The van der Waals surface area contributed by atoms with E-state index < -0.39 is 11.2 Å². The molecule has 164 valence electrons. The minimum atomic E-state index is -0.618. The third-order valence-electron chi connectivity index (χ3n) is 4.75. The van der Waals surface area contributed by atoms with Crippen molar-refractivity contribution in [2.24, 2.45) is 12.8 Å². The zero-order chi connectivity index (χ0) is 22.7. The summed E-state index contributed by atoms with van der Waals surface area (Å²) in [6, 6.07) is 8.51. The van der Waals surface area contributed by atoms with Gasteiger partial charge in [-0.25, -0.2) is 4.79 Å². The number of rotatable bonds is 8. The molecule has 0 saturated heterocycles. The molecule has 0 aliphatic heterocycles. The number of carbonyl (C=O) groups excluding carboxylic acids is 1. The van der Waals surface area contributed by atoms with Gasteiger partial charge in [0.1, 0.15) is 6.61 Å². The van der Waals surface area contributed by atoms with E-state index in [1.165, 1.54) is 11.6 Å². The summed E-state index contributed by atoms with van der Waals surface area (Å²) in [6.45, 7) is 5.83. The summed E-state index contributed by atoms with van der Waals surface area (Å²) in [5, 5.41) is 0. The summed E-state index contributed by atoms with van der Waals surface area (Å²) in [7, 11) is 1.52. The Morgan fingerprint density at radius 1 is 1.19 bits per heavy atom. The molecule has 1 atom stereocenters. The third-order valence-corrected chi connectivity index (χ3v) is 4.75. The minimum absolute atomic E-state index is 0.195. The second-order valence-corrected chi connectivity index (χ2v) is 7.77. The van der Waals surface area contributed by atoms with Crippen molar-refractivity contribution in [1.82, 2.24) is 18.7 Å². The number of nitrogens with zero attached hydrogens (tertiary/aromatic N) is 4. The SMILES string of the molecule is CC(C)=CCn1c(OC[C@@H](C)N)nc2c1c(=O)n(CC(=O)c1ccccc1)c(=O)n2C. The molecule has 2 aromatic heterocycles. The molecule has 0 fully saturated rings. The molecule has 0 saturated carbocycles. The van der Waals surface area contributed by atoms with Gasteiger partial charge in [0, 0.05) is 25.2 Å². The Labute approximate surface area is 179 Å². The maximum Gasteiger partial charge on any atom is 0.332 e. The predicted octanol–water partition coefficient (Wildman–Crippen LogP) is 1.47. The maximum atomic E-state index is 13.3. The van der Waals surface area contributed by atoms with Crippen LogP contribution < -0.4 is 21.7 Å². The van der Waals surface area contributed by atoms with Crippen LogP contribution in [-0.4, -0.2) is 37.1 Å². The first-order valence-corrected chi connectivity index (χ1v) is 10.0. The topological polar surface area (TPSA) is 114 Å². The van der Waals surface area contributed by atoms with E-state index in [4.69, 9.17) is 10.5 Å². The lowest BCUT2D eigenvalue weighted by Gasteiger charge is -2.11. The van der Waals surface area contributed by atoms with E-state index in [-0.39, 0.29) is 42.2 Å². The second-order valence-electron chi connectivity index (χ2n) is 7.77. The van der Waals surface area contributed by atoms with Crippen LogP contribution in [0.4, 0.5) is 0 Å². The highest BCUT2D eigenvalue weighted by atomic mass is 16.5. The van der Waals surface area contributed by atoms with Crippen LogP contribution in [-0.2, 0) is 20.1 Å². The number of fused-ring (bicyclic) bond motifs is 1. The summed E-state index contributed by atoms with van der Waals surface area (Å²) in [6.07, 6.45) is 1.92. The largest absolute Gasteiger partial charge is 0.463 e. The Morgan fingerprint density at radius 3 is 2.48 bits per heavy atom. The maximum absolute atomic E-state index is 13.3. The highest BCUT2D eigenvalue weighted by Gasteiger charge is 2.22. The van der Waals surface area contributed by atoms with E-state index in [1.807, 2.05) is 19.9 Å². The number of aryl methyl sites for hydroxylation is 1. The van der Waals surface area contributed by atoms with E-state index in [0.717, 1.165) is 10.1 Å². The molecular formula is C22H27N5O4. The van der Waals surface area contributed by atoms with Gasteiger partial charge < -0.3 is 10.5 Å². The molecule has 0 bridgehead atoms. The molecule has 0 unspecified atom stereocenters. The van der Waals surface area contributed by atoms with E-state index >= 15 is 0 Å². The lowest BCUT2D eigenvalue weighted by molar-refractivity contribution is 0.0969.